The smallest absolute Gasteiger partial charge is 0.246 e. The average molecular weight is 305 g/mol. The summed E-state index contributed by atoms with van der Waals surface area (Å²) >= 11 is 0. The van der Waals surface area contributed by atoms with Crippen molar-refractivity contribution < 1.29 is 14.6 Å². The Morgan fingerprint density at radius 1 is 1.23 bits per heavy atom. The van der Waals surface area contributed by atoms with Crippen LogP contribution in [0.5, 0.6) is 0 Å². The lowest BCUT2D eigenvalue weighted by atomic mass is 9.88. The van der Waals surface area contributed by atoms with Crippen LogP contribution in [0.25, 0.3) is 0 Å². The third kappa shape index (κ3) is 5.43. The van der Waals surface area contributed by atoms with E-state index < -0.39 is 0 Å². The molecular formula is C18H27NO3. The zero-order chi connectivity index (χ0) is 15.8. The van der Waals surface area contributed by atoms with Crippen LogP contribution in [0, 0.1) is 5.92 Å². The number of carbonyl (C=O) groups is 1. The number of aliphatic hydroxyl groups excluding tert-OH is 1. The second-order valence-electron chi connectivity index (χ2n) is 6.19. The molecular weight excluding hydrogens is 278 g/mol. The fraction of sp³-hybridized carbons (Fsp3) is 0.611. The Morgan fingerprint density at radius 3 is 2.59 bits per heavy atom. The first-order valence-corrected chi connectivity index (χ1v) is 8.26. The molecule has 2 rings (SSSR count). The molecule has 22 heavy (non-hydrogen) atoms. The van der Waals surface area contributed by atoms with Crippen LogP contribution in [-0.4, -0.2) is 30.3 Å². The van der Waals surface area contributed by atoms with E-state index in [2.05, 4.69) is 12.2 Å². The molecule has 4 heteroatoms. The standard InChI is InChI=1S/C18H27NO3/c1-14-4-2-3-5-17(14)22-13-18(21)19-11-10-15-6-8-16(12-20)9-7-15/h6-9,14,17,20H,2-5,10-13H2,1H3,(H,19,21). The summed E-state index contributed by atoms with van der Waals surface area (Å²) in [6.45, 7) is 3.05. The zero-order valence-electron chi connectivity index (χ0n) is 13.4. The van der Waals surface area contributed by atoms with Crippen LogP contribution in [0.3, 0.4) is 0 Å². The summed E-state index contributed by atoms with van der Waals surface area (Å²) in [7, 11) is 0. The van der Waals surface area contributed by atoms with Crippen LogP contribution in [0.4, 0.5) is 0 Å². The van der Waals surface area contributed by atoms with Gasteiger partial charge in [-0.25, -0.2) is 0 Å². The SMILES string of the molecule is CC1CCCCC1OCC(=O)NCCc1ccc(CO)cc1. The van der Waals surface area contributed by atoms with Crippen LogP contribution in [0.15, 0.2) is 24.3 Å². The number of aliphatic hydroxyl groups is 1. The molecule has 122 valence electrons. The summed E-state index contributed by atoms with van der Waals surface area (Å²) in [4.78, 5) is 11.8. The molecule has 2 N–H and O–H groups in total. The summed E-state index contributed by atoms with van der Waals surface area (Å²) < 4.78 is 5.75. The fourth-order valence-electron chi connectivity index (χ4n) is 2.92. The number of nitrogens with one attached hydrogen (secondary N) is 1. The van der Waals surface area contributed by atoms with E-state index in [9.17, 15) is 4.79 Å². The highest BCUT2D eigenvalue weighted by atomic mass is 16.5. The number of benzene rings is 1. The lowest BCUT2D eigenvalue weighted by molar-refractivity contribution is -0.129. The molecule has 1 aliphatic rings. The summed E-state index contributed by atoms with van der Waals surface area (Å²) in [6.07, 6.45) is 5.80. The van der Waals surface area contributed by atoms with Gasteiger partial charge in [0.05, 0.1) is 12.7 Å². The highest BCUT2D eigenvalue weighted by Gasteiger charge is 2.22. The van der Waals surface area contributed by atoms with Crippen LogP contribution in [0.1, 0.15) is 43.7 Å². The van der Waals surface area contributed by atoms with E-state index in [1.165, 1.54) is 19.3 Å². The minimum atomic E-state index is -0.0373. The van der Waals surface area contributed by atoms with Crippen molar-refractivity contribution in [2.24, 2.45) is 5.92 Å². The molecule has 0 bridgehead atoms. The van der Waals surface area contributed by atoms with Gasteiger partial charge in [-0.05, 0) is 36.3 Å². The third-order valence-electron chi connectivity index (χ3n) is 4.40. The molecule has 0 heterocycles. The van der Waals surface area contributed by atoms with Crippen molar-refractivity contribution in [3.63, 3.8) is 0 Å². The summed E-state index contributed by atoms with van der Waals surface area (Å²) in [5.41, 5.74) is 2.06. The molecule has 0 saturated heterocycles. The predicted octanol–water partition coefficient (Wildman–Crippen LogP) is 2.43. The van der Waals surface area contributed by atoms with E-state index in [-0.39, 0.29) is 25.2 Å². The van der Waals surface area contributed by atoms with Crippen LogP contribution in [-0.2, 0) is 22.6 Å². The van der Waals surface area contributed by atoms with Gasteiger partial charge in [0.2, 0.25) is 5.91 Å². The van der Waals surface area contributed by atoms with E-state index in [1.54, 1.807) is 0 Å². The highest BCUT2D eigenvalue weighted by molar-refractivity contribution is 5.77. The molecule has 2 unspecified atom stereocenters. The second-order valence-corrected chi connectivity index (χ2v) is 6.19. The van der Waals surface area contributed by atoms with Crippen molar-refractivity contribution in [3.05, 3.63) is 35.4 Å². The Morgan fingerprint density at radius 2 is 1.91 bits per heavy atom. The van der Waals surface area contributed by atoms with Gasteiger partial charge in [0.15, 0.2) is 0 Å². The van der Waals surface area contributed by atoms with Gasteiger partial charge in [0, 0.05) is 6.54 Å². The molecule has 1 amide bonds. The first-order valence-electron chi connectivity index (χ1n) is 8.26. The van der Waals surface area contributed by atoms with Crippen molar-refractivity contribution in [2.75, 3.05) is 13.2 Å². The minimum absolute atomic E-state index is 0.0373. The van der Waals surface area contributed by atoms with Crippen LogP contribution in [0.2, 0.25) is 0 Å². The maximum absolute atomic E-state index is 11.8. The Bertz CT molecular complexity index is 458. The first-order chi connectivity index (χ1) is 10.7. The lowest BCUT2D eigenvalue weighted by Gasteiger charge is -2.28. The van der Waals surface area contributed by atoms with Gasteiger partial charge in [-0.15, -0.1) is 0 Å². The maximum atomic E-state index is 11.8. The van der Waals surface area contributed by atoms with Gasteiger partial charge in [0.1, 0.15) is 6.61 Å². The van der Waals surface area contributed by atoms with Gasteiger partial charge in [-0.2, -0.15) is 0 Å². The summed E-state index contributed by atoms with van der Waals surface area (Å²) in [6, 6.07) is 7.78. The van der Waals surface area contributed by atoms with Gasteiger partial charge in [-0.1, -0.05) is 44.0 Å². The highest BCUT2D eigenvalue weighted by Crippen LogP contribution is 2.25. The number of amides is 1. The van der Waals surface area contributed by atoms with Crippen molar-refractivity contribution in [1.82, 2.24) is 5.32 Å². The molecule has 1 aromatic rings. The van der Waals surface area contributed by atoms with E-state index in [0.717, 1.165) is 24.0 Å². The van der Waals surface area contributed by atoms with Gasteiger partial charge >= 0.3 is 0 Å². The summed E-state index contributed by atoms with van der Waals surface area (Å²) in [5.74, 6) is 0.524. The Hall–Kier alpha value is -1.39. The van der Waals surface area contributed by atoms with E-state index in [0.29, 0.717) is 12.5 Å². The Balaban J connectivity index is 1.62. The largest absolute Gasteiger partial charge is 0.392 e. The van der Waals surface area contributed by atoms with Gasteiger partial charge in [-0.3, -0.25) is 4.79 Å². The molecule has 0 aromatic heterocycles. The molecule has 1 fully saturated rings. The lowest BCUT2D eigenvalue weighted by Crippen LogP contribution is -2.34. The third-order valence-corrected chi connectivity index (χ3v) is 4.40. The Labute approximate surface area is 132 Å². The van der Waals surface area contributed by atoms with Crippen molar-refractivity contribution in [2.45, 2.75) is 51.7 Å². The average Bonchev–Trinajstić information content (AvgIpc) is 2.55. The molecule has 1 saturated carbocycles. The quantitative estimate of drug-likeness (QED) is 0.813. The molecule has 4 nitrogen and oxygen atoms in total. The number of carbonyl (C=O) groups excluding carboxylic acids is 1. The summed E-state index contributed by atoms with van der Waals surface area (Å²) in [5, 5.41) is 11.9. The van der Waals surface area contributed by atoms with E-state index in [1.807, 2.05) is 24.3 Å². The zero-order valence-corrected chi connectivity index (χ0v) is 13.4. The molecule has 0 radical (unpaired) electrons. The molecule has 1 aliphatic carbocycles. The van der Waals surface area contributed by atoms with Gasteiger partial charge in [0.25, 0.3) is 0 Å². The first kappa shape index (κ1) is 17.0. The maximum Gasteiger partial charge on any atom is 0.246 e. The van der Waals surface area contributed by atoms with Crippen LogP contribution < -0.4 is 5.32 Å². The van der Waals surface area contributed by atoms with Crippen LogP contribution >= 0.6 is 0 Å². The monoisotopic (exact) mass is 305 g/mol. The van der Waals surface area contributed by atoms with E-state index >= 15 is 0 Å². The molecule has 0 spiro atoms. The molecule has 2 atom stereocenters. The second kappa shape index (κ2) is 8.91. The molecule has 0 aliphatic heterocycles. The topological polar surface area (TPSA) is 58.6 Å². The number of ether oxygens (including phenoxy) is 1. The number of hydrogen-bond acceptors (Lipinski definition) is 3. The predicted molar refractivity (Wildman–Crippen MR) is 86.5 cm³/mol. The molecule has 1 aromatic carbocycles. The number of rotatable bonds is 7. The van der Waals surface area contributed by atoms with Gasteiger partial charge < -0.3 is 15.2 Å². The van der Waals surface area contributed by atoms with Crippen molar-refractivity contribution >= 4 is 5.91 Å². The van der Waals surface area contributed by atoms with E-state index in [4.69, 9.17) is 9.84 Å². The van der Waals surface area contributed by atoms with Crippen molar-refractivity contribution in [3.8, 4) is 0 Å². The van der Waals surface area contributed by atoms with Crippen molar-refractivity contribution in [1.29, 1.82) is 0 Å². The normalized spacial score (nSPS) is 21.5. The minimum Gasteiger partial charge on any atom is -0.392 e. The number of hydrogen-bond donors (Lipinski definition) is 2. The Kier molecular flexibility index (Phi) is 6.87. The fourth-order valence-corrected chi connectivity index (χ4v) is 2.92.